The minimum Gasteiger partial charge on any atom is -0.460 e. The summed E-state index contributed by atoms with van der Waals surface area (Å²) in [6.07, 6.45) is 0.158. The molecule has 0 spiro atoms. The van der Waals surface area contributed by atoms with Gasteiger partial charge in [0.1, 0.15) is 11.7 Å². The number of nitriles is 1. The lowest BCUT2D eigenvalue weighted by atomic mass is 10.1. The quantitative estimate of drug-likeness (QED) is 0.816. The third-order valence-corrected chi connectivity index (χ3v) is 2.89. The summed E-state index contributed by atoms with van der Waals surface area (Å²) in [5.74, 6) is -0.315. The molecule has 0 saturated carbocycles. The molecular formula is C15H20ClN3O2. The summed E-state index contributed by atoms with van der Waals surface area (Å²) in [7, 11) is 0. The maximum atomic E-state index is 11.8. The number of hydrogen-bond donors (Lipinski definition) is 2. The van der Waals surface area contributed by atoms with E-state index >= 15 is 0 Å². The molecule has 3 N–H and O–H groups in total. The van der Waals surface area contributed by atoms with Gasteiger partial charge in [-0.05, 0) is 39.0 Å². The van der Waals surface area contributed by atoms with Gasteiger partial charge in [0.15, 0.2) is 0 Å². The highest BCUT2D eigenvalue weighted by atomic mass is 35.5. The Morgan fingerprint density at radius 2 is 2.19 bits per heavy atom. The number of ether oxygens (including phenoxy) is 1. The Labute approximate surface area is 130 Å². The minimum atomic E-state index is -0.520. The van der Waals surface area contributed by atoms with Gasteiger partial charge in [0.25, 0.3) is 0 Å². The van der Waals surface area contributed by atoms with E-state index in [1.54, 1.807) is 18.2 Å². The normalized spacial score (nSPS) is 12.4. The van der Waals surface area contributed by atoms with Crippen molar-refractivity contribution in [3.05, 3.63) is 28.8 Å². The molecule has 0 fully saturated rings. The van der Waals surface area contributed by atoms with Gasteiger partial charge in [-0.1, -0.05) is 11.6 Å². The lowest BCUT2D eigenvalue weighted by Crippen LogP contribution is -2.34. The van der Waals surface area contributed by atoms with E-state index in [0.717, 1.165) is 0 Å². The molecule has 1 aromatic carbocycles. The molecule has 1 atom stereocenters. The van der Waals surface area contributed by atoms with Crippen LogP contribution in [0.2, 0.25) is 5.02 Å². The van der Waals surface area contributed by atoms with Crippen LogP contribution in [0.4, 0.5) is 5.69 Å². The molecule has 1 aromatic rings. The maximum Gasteiger partial charge on any atom is 0.308 e. The fourth-order valence-corrected chi connectivity index (χ4v) is 1.93. The molecule has 21 heavy (non-hydrogen) atoms. The highest BCUT2D eigenvalue weighted by molar-refractivity contribution is 6.32. The first kappa shape index (κ1) is 17.3. The van der Waals surface area contributed by atoms with Gasteiger partial charge in [-0.2, -0.15) is 5.26 Å². The second-order valence-electron chi connectivity index (χ2n) is 5.67. The van der Waals surface area contributed by atoms with Crippen molar-refractivity contribution >= 4 is 23.3 Å². The third-order valence-electron chi connectivity index (χ3n) is 2.58. The van der Waals surface area contributed by atoms with Crippen molar-refractivity contribution < 1.29 is 9.53 Å². The minimum absolute atomic E-state index is 0.158. The zero-order valence-electron chi connectivity index (χ0n) is 12.4. The van der Waals surface area contributed by atoms with Gasteiger partial charge in [0.05, 0.1) is 17.0 Å². The Morgan fingerprint density at radius 3 is 2.67 bits per heavy atom. The van der Waals surface area contributed by atoms with Crippen molar-refractivity contribution in [2.75, 3.05) is 11.9 Å². The molecule has 114 valence electrons. The summed E-state index contributed by atoms with van der Waals surface area (Å²) in [5, 5.41) is 12.3. The van der Waals surface area contributed by atoms with Crippen LogP contribution < -0.4 is 11.1 Å². The second-order valence-corrected chi connectivity index (χ2v) is 6.08. The summed E-state index contributed by atoms with van der Waals surface area (Å²) in [5.41, 5.74) is 6.26. The smallest absolute Gasteiger partial charge is 0.308 e. The summed E-state index contributed by atoms with van der Waals surface area (Å²) in [6, 6.07) is 6.71. The van der Waals surface area contributed by atoms with Crippen LogP contribution in [0, 0.1) is 11.3 Å². The van der Waals surface area contributed by atoms with Crippen molar-refractivity contribution in [3.63, 3.8) is 0 Å². The van der Waals surface area contributed by atoms with E-state index in [1.165, 1.54) is 0 Å². The average molecular weight is 310 g/mol. The van der Waals surface area contributed by atoms with E-state index in [-0.39, 0.29) is 25.0 Å². The van der Waals surface area contributed by atoms with E-state index in [4.69, 9.17) is 27.3 Å². The molecule has 0 aliphatic carbocycles. The van der Waals surface area contributed by atoms with Crippen molar-refractivity contribution in [1.29, 1.82) is 5.26 Å². The van der Waals surface area contributed by atoms with Gasteiger partial charge in [0, 0.05) is 18.3 Å². The molecule has 0 amide bonds. The number of benzene rings is 1. The molecule has 0 bridgehead atoms. The Kier molecular flexibility index (Phi) is 6.01. The van der Waals surface area contributed by atoms with Gasteiger partial charge in [0.2, 0.25) is 0 Å². The number of nitrogens with two attached hydrogens (primary N) is 1. The lowest BCUT2D eigenvalue weighted by Gasteiger charge is -2.22. The topological polar surface area (TPSA) is 88.1 Å². The summed E-state index contributed by atoms with van der Waals surface area (Å²) >= 11 is 5.96. The molecule has 0 radical (unpaired) electrons. The van der Waals surface area contributed by atoms with Crippen LogP contribution in [-0.4, -0.2) is 24.2 Å². The van der Waals surface area contributed by atoms with Crippen LogP contribution in [0.15, 0.2) is 18.2 Å². The molecule has 1 unspecified atom stereocenters. The number of carbonyl (C=O) groups excluding carboxylic acids is 1. The SMILES string of the molecule is CC(C)(C)OC(=O)CC(CN)Nc1ccc(C#N)c(Cl)c1. The maximum absolute atomic E-state index is 11.8. The predicted molar refractivity (Wildman–Crippen MR) is 83.1 cm³/mol. The van der Waals surface area contributed by atoms with Crippen LogP contribution in [0.25, 0.3) is 0 Å². The number of anilines is 1. The standard InChI is InChI=1S/C15H20ClN3O2/c1-15(2,3)21-14(20)7-12(9-18)19-11-5-4-10(8-17)13(16)6-11/h4-6,12,19H,7,9,18H2,1-3H3. The van der Waals surface area contributed by atoms with Gasteiger partial charge in [-0.3, -0.25) is 4.79 Å². The van der Waals surface area contributed by atoms with Gasteiger partial charge >= 0.3 is 5.97 Å². The molecule has 1 rings (SSSR count). The fraction of sp³-hybridized carbons (Fsp3) is 0.467. The molecule has 0 aliphatic rings. The summed E-state index contributed by atoms with van der Waals surface area (Å²) in [4.78, 5) is 11.8. The largest absolute Gasteiger partial charge is 0.460 e. The monoisotopic (exact) mass is 309 g/mol. The number of carbonyl (C=O) groups is 1. The highest BCUT2D eigenvalue weighted by Gasteiger charge is 2.20. The molecule has 6 heteroatoms. The second kappa shape index (κ2) is 7.30. The van der Waals surface area contributed by atoms with Crippen LogP contribution in [0.3, 0.4) is 0 Å². The van der Waals surface area contributed by atoms with E-state index < -0.39 is 5.60 Å². The van der Waals surface area contributed by atoms with Crippen molar-refractivity contribution in [2.24, 2.45) is 5.73 Å². The Hall–Kier alpha value is -1.77. The summed E-state index contributed by atoms with van der Waals surface area (Å²) in [6.45, 7) is 5.72. The van der Waals surface area contributed by atoms with Crippen LogP contribution in [-0.2, 0) is 9.53 Å². The van der Waals surface area contributed by atoms with Gasteiger partial charge in [-0.15, -0.1) is 0 Å². The fourth-order valence-electron chi connectivity index (χ4n) is 1.71. The molecule has 5 nitrogen and oxygen atoms in total. The average Bonchev–Trinajstić information content (AvgIpc) is 2.36. The first-order valence-corrected chi connectivity index (χ1v) is 7.01. The molecule has 0 saturated heterocycles. The number of hydrogen-bond acceptors (Lipinski definition) is 5. The Morgan fingerprint density at radius 1 is 1.52 bits per heavy atom. The first-order chi connectivity index (χ1) is 9.75. The predicted octanol–water partition coefficient (Wildman–Crippen LogP) is 2.68. The summed E-state index contributed by atoms with van der Waals surface area (Å²) < 4.78 is 5.26. The molecule has 0 aromatic heterocycles. The molecule has 0 heterocycles. The van der Waals surface area contributed by atoms with Crippen LogP contribution in [0.5, 0.6) is 0 Å². The zero-order chi connectivity index (χ0) is 16.0. The van der Waals surface area contributed by atoms with Crippen LogP contribution in [0.1, 0.15) is 32.8 Å². The van der Waals surface area contributed by atoms with Crippen molar-refractivity contribution in [3.8, 4) is 6.07 Å². The van der Waals surface area contributed by atoms with E-state index in [9.17, 15) is 4.79 Å². The number of nitrogens with one attached hydrogen (secondary N) is 1. The Balaban J connectivity index is 2.68. The Bertz CT molecular complexity index is 547. The van der Waals surface area contributed by atoms with Crippen molar-refractivity contribution in [2.45, 2.75) is 38.8 Å². The lowest BCUT2D eigenvalue weighted by molar-refractivity contribution is -0.155. The third kappa shape index (κ3) is 6.03. The van der Waals surface area contributed by atoms with Gasteiger partial charge in [-0.25, -0.2) is 0 Å². The highest BCUT2D eigenvalue weighted by Crippen LogP contribution is 2.21. The molecule has 0 aliphatic heterocycles. The zero-order valence-corrected chi connectivity index (χ0v) is 13.2. The molecular weight excluding hydrogens is 290 g/mol. The van der Waals surface area contributed by atoms with Crippen LogP contribution >= 0.6 is 11.6 Å². The van der Waals surface area contributed by atoms with Gasteiger partial charge < -0.3 is 15.8 Å². The number of rotatable bonds is 5. The first-order valence-electron chi connectivity index (χ1n) is 6.63. The number of halogens is 1. The number of esters is 1. The number of nitrogens with zero attached hydrogens (tertiary/aromatic N) is 1. The van der Waals surface area contributed by atoms with E-state index in [0.29, 0.717) is 16.3 Å². The van der Waals surface area contributed by atoms with E-state index in [1.807, 2.05) is 26.8 Å². The van der Waals surface area contributed by atoms with Crippen molar-refractivity contribution in [1.82, 2.24) is 0 Å². The van der Waals surface area contributed by atoms with E-state index in [2.05, 4.69) is 5.32 Å².